The van der Waals surface area contributed by atoms with Crippen LogP contribution in [0.3, 0.4) is 0 Å². The first-order valence-electron chi connectivity index (χ1n) is 5.39. The second-order valence-electron chi connectivity index (χ2n) is 4.81. The van der Waals surface area contributed by atoms with E-state index in [-0.39, 0.29) is 0 Å². The Morgan fingerprint density at radius 3 is 2.00 bits per heavy atom. The van der Waals surface area contributed by atoms with Crippen LogP contribution in [-0.2, 0) is 0 Å². The summed E-state index contributed by atoms with van der Waals surface area (Å²) < 4.78 is 0. The van der Waals surface area contributed by atoms with Gasteiger partial charge in [0.15, 0.2) is 0 Å². The van der Waals surface area contributed by atoms with Crippen LogP contribution in [0.4, 0.5) is 0 Å². The molecule has 0 spiro atoms. The van der Waals surface area contributed by atoms with E-state index in [9.17, 15) is 0 Å². The molecule has 1 atom stereocenters. The van der Waals surface area contributed by atoms with Crippen LogP contribution in [0.1, 0.15) is 41.0 Å². The Labute approximate surface area is 83.5 Å². The molecule has 0 aromatic carbocycles. The average molecular weight is 186 g/mol. The summed E-state index contributed by atoms with van der Waals surface area (Å²) in [5.41, 5.74) is 6.17. The van der Waals surface area contributed by atoms with Crippen molar-refractivity contribution in [3.05, 3.63) is 0 Å². The fourth-order valence-electron chi connectivity index (χ4n) is 1.99. The standard InChI is InChI=1S/C11H26N2/c1-6-13(7-2)9-11(4,5)8-10(3)12/h10H,6-9,12H2,1-5H3. The highest BCUT2D eigenvalue weighted by atomic mass is 15.1. The number of hydrogen-bond acceptors (Lipinski definition) is 2. The summed E-state index contributed by atoms with van der Waals surface area (Å²) in [5.74, 6) is 0. The topological polar surface area (TPSA) is 29.3 Å². The summed E-state index contributed by atoms with van der Waals surface area (Å²) in [6, 6.07) is 0.311. The molecule has 13 heavy (non-hydrogen) atoms. The molecule has 0 bridgehead atoms. The minimum absolute atomic E-state index is 0.311. The van der Waals surface area contributed by atoms with Crippen molar-refractivity contribution in [3.8, 4) is 0 Å². The lowest BCUT2D eigenvalue weighted by molar-refractivity contribution is 0.175. The van der Waals surface area contributed by atoms with E-state index in [1.54, 1.807) is 0 Å². The predicted octanol–water partition coefficient (Wildman–Crippen LogP) is 2.09. The van der Waals surface area contributed by atoms with Crippen LogP contribution < -0.4 is 5.73 Å². The SMILES string of the molecule is CCN(CC)CC(C)(C)CC(C)N. The minimum atomic E-state index is 0.311. The molecule has 0 aromatic rings. The Hall–Kier alpha value is -0.0800. The lowest BCUT2D eigenvalue weighted by atomic mass is 9.86. The van der Waals surface area contributed by atoms with Crippen LogP contribution in [0.2, 0.25) is 0 Å². The Balaban J connectivity index is 3.98. The molecule has 0 fully saturated rings. The molecule has 2 N–H and O–H groups in total. The van der Waals surface area contributed by atoms with Gasteiger partial charge in [-0.3, -0.25) is 0 Å². The second kappa shape index (κ2) is 5.61. The molecule has 80 valence electrons. The lowest BCUT2D eigenvalue weighted by Gasteiger charge is -2.32. The molecular formula is C11H26N2. The van der Waals surface area contributed by atoms with Gasteiger partial charge in [0.2, 0.25) is 0 Å². The number of nitrogens with zero attached hydrogens (tertiary/aromatic N) is 1. The van der Waals surface area contributed by atoms with E-state index in [0.717, 1.165) is 26.1 Å². The summed E-state index contributed by atoms with van der Waals surface area (Å²) in [5, 5.41) is 0. The van der Waals surface area contributed by atoms with Crippen molar-refractivity contribution in [1.82, 2.24) is 4.90 Å². The Bertz CT molecular complexity index is 126. The zero-order chi connectivity index (χ0) is 10.5. The molecule has 0 amide bonds. The molecule has 0 saturated heterocycles. The maximum absolute atomic E-state index is 5.82. The zero-order valence-electron chi connectivity index (χ0n) is 9.93. The van der Waals surface area contributed by atoms with E-state index in [2.05, 4.69) is 39.5 Å². The third-order valence-electron chi connectivity index (χ3n) is 2.42. The third-order valence-corrected chi connectivity index (χ3v) is 2.42. The number of rotatable bonds is 6. The van der Waals surface area contributed by atoms with Gasteiger partial charge in [0.05, 0.1) is 0 Å². The molecule has 1 unspecified atom stereocenters. The summed E-state index contributed by atoms with van der Waals surface area (Å²) in [6.07, 6.45) is 1.10. The van der Waals surface area contributed by atoms with Crippen LogP contribution in [0.25, 0.3) is 0 Å². The van der Waals surface area contributed by atoms with E-state index < -0.39 is 0 Å². The summed E-state index contributed by atoms with van der Waals surface area (Å²) in [4.78, 5) is 2.46. The van der Waals surface area contributed by atoms with Crippen LogP contribution in [0.5, 0.6) is 0 Å². The van der Waals surface area contributed by atoms with Gasteiger partial charge >= 0.3 is 0 Å². The van der Waals surface area contributed by atoms with Crippen molar-refractivity contribution < 1.29 is 0 Å². The highest BCUT2D eigenvalue weighted by Crippen LogP contribution is 2.22. The minimum Gasteiger partial charge on any atom is -0.328 e. The van der Waals surface area contributed by atoms with Crippen molar-refractivity contribution in [2.75, 3.05) is 19.6 Å². The Morgan fingerprint density at radius 1 is 1.23 bits per heavy atom. The van der Waals surface area contributed by atoms with Crippen molar-refractivity contribution >= 4 is 0 Å². The van der Waals surface area contributed by atoms with Gasteiger partial charge in [0.25, 0.3) is 0 Å². The van der Waals surface area contributed by atoms with Gasteiger partial charge in [-0.15, -0.1) is 0 Å². The van der Waals surface area contributed by atoms with Gasteiger partial charge in [-0.2, -0.15) is 0 Å². The Morgan fingerprint density at radius 2 is 1.69 bits per heavy atom. The monoisotopic (exact) mass is 186 g/mol. The van der Waals surface area contributed by atoms with E-state index in [1.165, 1.54) is 0 Å². The first-order valence-corrected chi connectivity index (χ1v) is 5.39. The summed E-state index contributed by atoms with van der Waals surface area (Å²) in [6.45, 7) is 14.5. The normalized spacial score (nSPS) is 15.0. The maximum Gasteiger partial charge on any atom is 0.00330 e. The molecule has 0 radical (unpaired) electrons. The van der Waals surface area contributed by atoms with Gasteiger partial charge in [0.1, 0.15) is 0 Å². The fourth-order valence-corrected chi connectivity index (χ4v) is 1.99. The van der Waals surface area contributed by atoms with Crippen LogP contribution >= 0.6 is 0 Å². The maximum atomic E-state index is 5.82. The first-order chi connectivity index (χ1) is 5.91. The van der Waals surface area contributed by atoms with Crippen molar-refractivity contribution in [1.29, 1.82) is 0 Å². The van der Waals surface area contributed by atoms with Crippen LogP contribution in [0, 0.1) is 5.41 Å². The van der Waals surface area contributed by atoms with Crippen LogP contribution in [0.15, 0.2) is 0 Å². The largest absolute Gasteiger partial charge is 0.328 e. The van der Waals surface area contributed by atoms with Gasteiger partial charge in [-0.1, -0.05) is 27.7 Å². The summed E-state index contributed by atoms with van der Waals surface area (Å²) in [7, 11) is 0. The molecular weight excluding hydrogens is 160 g/mol. The highest BCUT2D eigenvalue weighted by Gasteiger charge is 2.21. The molecule has 0 rings (SSSR count). The first kappa shape index (κ1) is 12.9. The molecule has 2 heteroatoms. The predicted molar refractivity (Wildman–Crippen MR) is 59.8 cm³/mol. The van der Waals surface area contributed by atoms with Gasteiger partial charge < -0.3 is 10.6 Å². The molecule has 0 aliphatic rings. The van der Waals surface area contributed by atoms with E-state index >= 15 is 0 Å². The molecule has 0 heterocycles. The van der Waals surface area contributed by atoms with Gasteiger partial charge in [-0.05, 0) is 31.8 Å². The second-order valence-corrected chi connectivity index (χ2v) is 4.81. The number of nitrogens with two attached hydrogens (primary N) is 1. The van der Waals surface area contributed by atoms with Crippen LogP contribution in [-0.4, -0.2) is 30.6 Å². The van der Waals surface area contributed by atoms with E-state index in [4.69, 9.17) is 5.73 Å². The Kier molecular flexibility index (Phi) is 5.57. The quantitative estimate of drug-likeness (QED) is 0.688. The molecule has 2 nitrogen and oxygen atoms in total. The average Bonchev–Trinajstić information content (AvgIpc) is 1.97. The third kappa shape index (κ3) is 6.05. The van der Waals surface area contributed by atoms with E-state index in [1.807, 2.05) is 0 Å². The molecule has 0 aliphatic heterocycles. The van der Waals surface area contributed by atoms with Gasteiger partial charge in [-0.25, -0.2) is 0 Å². The van der Waals surface area contributed by atoms with Gasteiger partial charge in [0, 0.05) is 12.6 Å². The number of hydrogen-bond donors (Lipinski definition) is 1. The zero-order valence-corrected chi connectivity index (χ0v) is 9.93. The molecule has 0 saturated carbocycles. The van der Waals surface area contributed by atoms with Crippen molar-refractivity contribution in [2.45, 2.75) is 47.1 Å². The lowest BCUT2D eigenvalue weighted by Crippen LogP contribution is -2.37. The van der Waals surface area contributed by atoms with E-state index in [0.29, 0.717) is 11.5 Å². The highest BCUT2D eigenvalue weighted by molar-refractivity contribution is 4.76. The molecule has 0 aliphatic carbocycles. The van der Waals surface area contributed by atoms with Crippen molar-refractivity contribution in [2.24, 2.45) is 11.1 Å². The van der Waals surface area contributed by atoms with Crippen molar-refractivity contribution in [3.63, 3.8) is 0 Å². The smallest absolute Gasteiger partial charge is 0.00330 e. The molecule has 0 aromatic heterocycles. The summed E-state index contributed by atoms with van der Waals surface area (Å²) >= 11 is 0. The fraction of sp³-hybridized carbons (Fsp3) is 1.00.